The average molecular weight is 809 g/mol. The van der Waals surface area contributed by atoms with Gasteiger partial charge in [-0.2, -0.15) is 25.5 Å². The Bertz CT molecular complexity index is 2890. The van der Waals surface area contributed by atoms with Crippen LogP contribution < -0.4 is 5.32 Å². The summed E-state index contributed by atoms with van der Waals surface area (Å²) < 4.78 is 32.0. The molecule has 0 amide bonds. The Balaban J connectivity index is 0.000000155. The monoisotopic (exact) mass is 808 g/mol. The maximum Gasteiger partial charge on any atom is 0.178 e. The van der Waals surface area contributed by atoms with Gasteiger partial charge in [0.25, 0.3) is 0 Å². The molecule has 2 atom stereocenters. The molecule has 6 aromatic heterocycles. The number of aryl methyl sites for hydroxylation is 4. The minimum atomic E-state index is -0.296. The predicted molar refractivity (Wildman–Crippen MR) is 231 cm³/mol. The van der Waals surface area contributed by atoms with Gasteiger partial charge in [-0.25, -0.2) is 28.2 Å². The molecular weight excluding hydrogens is 759 g/mol. The van der Waals surface area contributed by atoms with Gasteiger partial charge in [0.15, 0.2) is 11.3 Å². The number of rotatable bonds is 5. The Labute approximate surface area is 347 Å². The summed E-state index contributed by atoms with van der Waals surface area (Å²) in [6.45, 7) is 17.5. The second-order valence-electron chi connectivity index (χ2n) is 16.7. The fraction of sp³-hybridized carbons (Fsp3) is 0.391. The number of benzene rings is 2. The smallest absolute Gasteiger partial charge is 0.178 e. The van der Waals surface area contributed by atoms with Crippen LogP contribution in [0.4, 0.5) is 8.78 Å². The molecule has 0 unspecified atom stereocenters. The standard InChI is InChI=1S/C25H29FN6.C21H21FN6/c1-6-31-16(4)8-18(9-17(31)5)22-12-20-21(26)10-19(11-24(20)29-28-22)23-7-14(2)25-27-15(3)13-32(25)30-23;1-11-7-17(26-21-20(11)24-12(2)25-21)14-8-16(22)15-10-18(27-28-19(15)9-14)13-3-5-23-6-4-13/h7,10-13,16-18H,6,8-9H2,1-5H3;7-10,13,23H,3-6H2,1-2H3,(H,24,25,26)/t16-,17-;/m1./s1. The van der Waals surface area contributed by atoms with E-state index in [-0.39, 0.29) is 11.6 Å². The van der Waals surface area contributed by atoms with Gasteiger partial charge in [-0.15, -0.1) is 0 Å². The highest BCUT2D eigenvalue weighted by molar-refractivity contribution is 5.87. The Morgan fingerprint density at radius 3 is 1.92 bits per heavy atom. The lowest BCUT2D eigenvalue weighted by Gasteiger charge is -2.41. The molecule has 8 heterocycles. The van der Waals surface area contributed by atoms with E-state index >= 15 is 4.39 Å². The highest BCUT2D eigenvalue weighted by Crippen LogP contribution is 2.36. The summed E-state index contributed by atoms with van der Waals surface area (Å²) in [5.74, 6) is 0.864. The van der Waals surface area contributed by atoms with Crippen LogP contribution in [0.5, 0.6) is 0 Å². The first-order valence-electron chi connectivity index (χ1n) is 21.0. The lowest BCUT2D eigenvalue weighted by Crippen LogP contribution is -2.45. The van der Waals surface area contributed by atoms with E-state index < -0.39 is 0 Å². The Morgan fingerprint density at radius 1 is 0.683 bits per heavy atom. The van der Waals surface area contributed by atoms with E-state index in [0.717, 1.165) is 90.5 Å². The maximum absolute atomic E-state index is 15.2. The van der Waals surface area contributed by atoms with Gasteiger partial charge in [-0.05, 0) is 147 Å². The number of halogens is 2. The molecule has 2 aliphatic heterocycles. The van der Waals surface area contributed by atoms with Crippen LogP contribution in [0.3, 0.4) is 0 Å². The average Bonchev–Trinajstić information content (AvgIpc) is 3.82. The normalized spacial score (nSPS) is 19.1. The molecule has 2 aromatic carbocycles. The third kappa shape index (κ3) is 7.58. The van der Waals surface area contributed by atoms with Gasteiger partial charge < -0.3 is 10.3 Å². The second kappa shape index (κ2) is 16.0. The molecule has 308 valence electrons. The van der Waals surface area contributed by atoms with Crippen molar-refractivity contribution in [2.24, 2.45) is 0 Å². The quantitative estimate of drug-likeness (QED) is 0.173. The van der Waals surface area contributed by atoms with Crippen molar-refractivity contribution < 1.29 is 8.78 Å². The summed E-state index contributed by atoms with van der Waals surface area (Å²) in [5, 5.41) is 26.7. The summed E-state index contributed by atoms with van der Waals surface area (Å²) >= 11 is 0. The molecule has 2 fully saturated rings. The first-order chi connectivity index (χ1) is 28.9. The van der Waals surface area contributed by atoms with E-state index in [4.69, 9.17) is 0 Å². The summed E-state index contributed by atoms with van der Waals surface area (Å²) in [7, 11) is 0. The minimum Gasteiger partial charge on any atom is -0.341 e. The molecule has 2 aliphatic rings. The number of likely N-dealkylation sites (tertiary alicyclic amines) is 1. The van der Waals surface area contributed by atoms with Crippen LogP contribution in [0.2, 0.25) is 0 Å². The fourth-order valence-corrected chi connectivity index (χ4v) is 9.33. The highest BCUT2D eigenvalue weighted by atomic mass is 19.1. The number of hydrogen-bond donors (Lipinski definition) is 2. The molecule has 0 aliphatic carbocycles. The van der Waals surface area contributed by atoms with E-state index in [1.54, 1.807) is 10.6 Å². The van der Waals surface area contributed by atoms with Crippen molar-refractivity contribution in [3.8, 4) is 22.5 Å². The predicted octanol–water partition coefficient (Wildman–Crippen LogP) is 8.86. The van der Waals surface area contributed by atoms with Crippen LogP contribution in [-0.4, -0.2) is 86.6 Å². The lowest BCUT2D eigenvalue weighted by atomic mass is 9.84. The Hall–Kier alpha value is -5.86. The maximum atomic E-state index is 15.2. The van der Waals surface area contributed by atoms with Crippen molar-refractivity contribution in [1.82, 2.24) is 60.2 Å². The molecule has 14 heteroatoms. The summed E-state index contributed by atoms with van der Waals surface area (Å²) in [4.78, 5) is 19.2. The van der Waals surface area contributed by atoms with Gasteiger partial charge in [0, 0.05) is 45.8 Å². The van der Waals surface area contributed by atoms with Gasteiger partial charge in [0.05, 0.1) is 51.2 Å². The van der Waals surface area contributed by atoms with Crippen LogP contribution >= 0.6 is 0 Å². The molecule has 10 rings (SSSR count). The van der Waals surface area contributed by atoms with Crippen molar-refractivity contribution in [3.63, 3.8) is 0 Å². The number of H-pyrrole nitrogens is 1. The van der Waals surface area contributed by atoms with E-state index in [1.807, 2.05) is 70.3 Å². The van der Waals surface area contributed by atoms with Crippen molar-refractivity contribution in [2.75, 3.05) is 19.6 Å². The van der Waals surface area contributed by atoms with Crippen LogP contribution in [0, 0.1) is 39.3 Å². The number of pyridine rings is 1. The number of nitrogens with one attached hydrogen (secondary N) is 2. The topological polar surface area (TPSA) is 139 Å². The zero-order chi connectivity index (χ0) is 41.8. The van der Waals surface area contributed by atoms with Gasteiger partial charge in [-0.3, -0.25) is 4.90 Å². The third-order valence-electron chi connectivity index (χ3n) is 12.4. The van der Waals surface area contributed by atoms with Crippen LogP contribution in [0.1, 0.15) is 92.3 Å². The van der Waals surface area contributed by atoms with Crippen molar-refractivity contribution >= 4 is 38.6 Å². The van der Waals surface area contributed by atoms with Gasteiger partial charge in [0.1, 0.15) is 17.5 Å². The van der Waals surface area contributed by atoms with E-state index in [2.05, 4.69) is 76.4 Å². The first-order valence-corrected chi connectivity index (χ1v) is 21.0. The zero-order valence-corrected chi connectivity index (χ0v) is 35.2. The Morgan fingerprint density at radius 2 is 1.28 bits per heavy atom. The van der Waals surface area contributed by atoms with Crippen LogP contribution in [0.15, 0.2) is 54.7 Å². The number of nitrogens with zero attached hydrogens (tertiary/aromatic N) is 10. The molecule has 8 aromatic rings. The van der Waals surface area contributed by atoms with E-state index in [1.165, 1.54) is 6.07 Å². The second-order valence-corrected chi connectivity index (χ2v) is 16.7. The largest absolute Gasteiger partial charge is 0.341 e. The van der Waals surface area contributed by atoms with Gasteiger partial charge >= 0.3 is 0 Å². The molecule has 0 radical (unpaired) electrons. The van der Waals surface area contributed by atoms with Crippen LogP contribution in [0.25, 0.3) is 61.1 Å². The van der Waals surface area contributed by atoms with E-state index in [0.29, 0.717) is 73.9 Å². The van der Waals surface area contributed by atoms with Gasteiger partial charge in [0.2, 0.25) is 0 Å². The third-order valence-corrected chi connectivity index (χ3v) is 12.4. The lowest BCUT2D eigenvalue weighted by molar-refractivity contribution is 0.0963. The number of aromatic amines is 1. The fourth-order valence-electron chi connectivity index (χ4n) is 9.33. The zero-order valence-electron chi connectivity index (χ0n) is 35.2. The highest BCUT2D eigenvalue weighted by Gasteiger charge is 2.32. The molecule has 12 nitrogen and oxygen atoms in total. The number of aromatic nitrogens is 10. The first kappa shape index (κ1) is 39.6. The molecule has 2 N–H and O–H groups in total. The molecule has 0 bridgehead atoms. The molecule has 2 saturated heterocycles. The minimum absolute atomic E-state index is 0.290. The SMILES string of the molecule is CCN1[C@H](C)CC(c2cc3c(F)cc(-c4cc(C)c5nc(C)cn5n4)cc3nn2)C[C@H]1C.Cc1nc2nc(-c3cc(F)c4cc(C5CCNCC5)nnc4c3)cc(C)c2[nH]1. The van der Waals surface area contributed by atoms with Gasteiger partial charge in [-0.1, -0.05) is 6.92 Å². The number of hydrogen-bond acceptors (Lipinski definition) is 10. The van der Waals surface area contributed by atoms with Crippen molar-refractivity contribution in [1.29, 1.82) is 0 Å². The number of imidazole rings is 2. The van der Waals surface area contributed by atoms with Crippen molar-refractivity contribution in [3.05, 3.63) is 100 Å². The number of fused-ring (bicyclic) bond motifs is 4. The summed E-state index contributed by atoms with van der Waals surface area (Å²) in [6, 6.07) is 15.4. The summed E-state index contributed by atoms with van der Waals surface area (Å²) in [5.41, 5.74) is 10.9. The van der Waals surface area contributed by atoms with Crippen molar-refractivity contribution in [2.45, 2.75) is 98.1 Å². The van der Waals surface area contributed by atoms with E-state index in [9.17, 15) is 4.39 Å². The molecule has 60 heavy (non-hydrogen) atoms. The summed E-state index contributed by atoms with van der Waals surface area (Å²) in [6.07, 6.45) is 5.93. The Kier molecular flexibility index (Phi) is 10.5. The number of piperidine rings is 2. The molecule has 0 spiro atoms. The molecule has 0 saturated carbocycles. The molecular formula is C46H50F2N12. The van der Waals surface area contributed by atoms with Crippen LogP contribution in [-0.2, 0) is 0 Å².